The Bertz CT molecular complexity index is 675. The Morgan fingerprint density at radius 3 is 2.40 bits per heavy atom. The van der Waals surface area contributed by atoms with Gasteiger partial charge in [0.2, 0.25) is 0 Å². The number of hydrogen-bond donors (Lipinski definition) is 1. The lowest BCUT2D eigenvalue weighted by atomic mass is 9.98. The number of nitrogens with zero attached hydrogens (tertiary/aromatic N) is 2. The molecule has 0 aliphatic heterocycles. The summed E-state index contributed by atoms with van der Waals surface area (Å²) in [6.45, 7) is 5.67. The van der Waals surface area contributed by atoms with Gasteiger partial charge in [-0.3, -0.25) is 9.78 Å². The fourth-order valence-electron chi connectivity index (χ4n) is 2.86. The number of pyridine rings is 1. The molecule has 1 amide bonds. The Morgan fingerprint density at radius 2 is 1.88 bits per heavy atom. The standard InChI is InChI=1S/C21H28N2O2/c1-5-19(18-8-6-7-15-22-18)23(4)20(24)17-11-9-16(10-12-17)13-14-21(2,3)25/h6-12,15,19,25H,5,13-14H2,1-4H3. The van der Waals surface area contributed by atoms with Gasteiger partial charge >= 0.3 is 0 Å². The van der Waals surface area contributed by atoms with Gasteiger partial charge in [-0.15, -0.1) is 0 Å². The summed E-state index contributed by atoms with van der Waals surface area (Å²) in [5.41, 5.74) is 2.02. The largest absolute Gasteiger partial charge is 0.390 e. The van der Waals surface area contributed by atoms with E-state index in [9.17, 15) is 9.90 Å². The molecule has 1 N–H and O–H groups in total. The molecule has 1 aromatic carbocycles. The van der Waals surface area contributed by atoms with E-state index in [0.29, 0.717) is 12.0 Å². The highest BCUT2D eigenvalue weighted by Gasteiger charge is 2.22. The summed E-state index contributed by atoms with van der Waals surface area (Å²) >= 11 is 0. The first-order valence-electron chi connectivity index (χ1n) is 8.81. The second-order valence-corrected chi connectivity index (χ2v) is 7.10. The summed E-state index contributed by atoms with van der Waals surface area (Å²) in [4.78, 5) is 19.0. The zero-order chi connectivity index (χ0) is 18.4. The molecule has 25 heavy (non-hydrogen) atoms. The third-order valence-corrected chi connectivity index (χ3v) is 4.43. The highest BCUT2D eigenvalue weighted by atomic mass is 16.3. The van der Waals surface area contributed by atoms with Gasteiger partial charge < -0.3 is 10.0 Å². The summed E-state index contributed by atoms with van der Waals surface area (Å²) < 4.78 is 0. The zero-order valence-corrected chi connectivity index (χ0v) is 15.6. The van der Waals surface area contributed by atoms with E-state index in [0.717, 1.165) is 24.1 Å². The van der Waals surface area contributed by atoms with Gasteiger partial charge in [0.1, 0.15) is 0 Å². The molecule has 1 aromatic heterocycles. The third kappa shape index (κ3) is 5.40. The molecule has 0 aliphatic carbocycles. The van der Waals surface area contributed by atoms with Crippen molar-refractivity contribution in [2.24, 2.45) is 0 Å². The summed E-state index contributed by atoms with van der Waals surface area (Å²) in [7, 11) is 1.83. The van der Waals surface area contributed by atoms with Gasteiger partial charge in [0.15, 0.2) is 0 Å². The monoisotopic (exact) mass is 340 g/mol. The molecule has 2 aromatic rings. The van der Waals surface area contributed by atoms with Gasteiger partial charge in [0.05, 0.1) is 17.3 Å². The van der Waals surface area contributed by atoms with Crippen molar-refractivity contribution in [3.8, 4) is 0 Å². The van der Waals surface area contributed by atoms with E-state index in [2.05, 4.69) is 11.9 Å². The van der Waals surface area contributed by atoms with Gasteiger partial charge in [-0.1, -0.05) is 25.1 Å². The molecule has 1 unspecified atom stereocenters. The van der Waals surface area contributed by atoms with Crippen molar-refractivity contribution in [2.75, 3.05) is 7.05 Å². The minimum atomic E-state index is -0.675. The van der Waals surface area contributed by atoms with Crippen molar-refractivity contribution in [3.63, 3.8) is 0 Å². The maximum atomic E-state index is 12.8. The van der Waals surface area contributed by atoms with Crippen LogP contribution in [0.1, 0.15) is 61.3 Å². The minimum Gasteiger partial charge on any atom is -0.390 e. The lowest BCUT2D eigenvalue weighted by Crippen LogP contribution is -2.31. The van der Waals surface area contributed by atoms with E-state index in [1.807, 2.05) is 63.4 Å². The van der Waals surface area contributed by atoms with Crippen molar-refractivity contribution in [2.45, 2.75) is 51.7 Å². The lowest BCUT2D eigenvalue weighted by Gasteiger charge is -2.27. The van der Waals surface area contributed by atoms with E-state index >= 15 is 0 Å². The van der Waals surface area contributed by atoms with Crippen molar-refractivity contribution in [3.05, 3.63) is 65.5 Å². The summed E-state index contributed by atoms with van der Waals surface area (Å²) in [6, 6.07) is 13.4. The van der Waals surface area contributed by atoms with Crippen LogP contribution in [0.3, 0.4) is 0 Å². The molecule has 0 saturated heterocycles. The molecular formula is C21H28N2O2. The van der Waals surface area contributed by atoms with E-state index < -0.39 is 5.60 Å². The average Bonchev–Trinajstić information content (AvgIpc) is 2.60. The van der Waals surface area contributed by atoms with Crippen LogP contribution in [-0.2, 0) is 6.42 Å². The van der Waals surface area contributed by atoms with E-state index in [1.165, 1.54) is 0 Å². The molecule has 0 aliphatic rings. The molecule has 0 saturated carbocycles. The third-order valence-electron chi connectivity index (χ3n) is 4.43. The number of carbonyl (C=O) groups is 1. The number of hydrogen-bond acceptors (Lipinski definition) is 3. The Labute approximate surface area is 150 Å². The van der Waals surface area contributed by atoms with Crippen LogP contribution in [0.25, 0.3) is 0 Å². The molecule has 0 radical (unpaired) electrons. The van der Waals surface area contributed by atoms with Gasteiger partial charge in [-0.25, -0.2) is 0 Å². The van der Waals surface area contributed by atoms with Crippen LogP contribution in [-0.4, -0.2) is 33.5 Å². The normalized spacial score (nSPS) is 12.7. The maximum absolute atomic E-state index is 12.8. The predicted octanol–water partition coefficient (Wildman–Crippen LogP) is 4.01. The second-order valence-electron chi connectivity index (χ2n) is 7.10. The summed E-state index contributed by atoms with van der Waals surface area (Å²) in [5.74, 6) is -0.00783. The maximum Gasteiger partial charge on any atom is 0.254 e. The van der Waals surface area contributed by atoms with Crippen LogP contribution in [0.2, 0.25) is 0 Å². The first-order valence-corrected chi connectivity index (χ1v) is 8.81. The number of benzene rings is 1. The van der Waals surface area contributed by atoms with Gasteiger partial charge in [-0.2, -0.15) is 0 Å². The van der Waals surface area contributed by atoms with Crippen molar-refractivity contribution in [1.82, 2.24) is 9.88 Å². The summed E-state index contributed by atoms with van der Waals surface area (Å²) in [6.07, 6.45) is 4.05. The zero-order valence-electron chi connectivity index (χ0n) is 15.6. The Hall–Kier alpha value is -2.20. The van der Waals surface area contributed by atoms with Crippen LogP contribution < -0.4 is 0 Å². The number of aromatic nitrogens is 1. The van der Waals surface area contributed by atoms with Crippen LogP contribution in [0.5, 0.6) is 0 Å². The van der Waals surface area contributed by atoms with Crippen LogP contribution in [0.4, 0.5) is 0 Å². The first kappa shape index (κ1) is 19.1. The SMILES string of the molecule is CCC(c1ccccn1)N(C)C(=O)c1ccc(CCC(C)(C)O)cc1. The Kier molecular flexibility index (Phi) is 6.32. The van der Waals surface area contributed by atoms with Crippen LogP contribution in [0, 0.1) is 0 Å². The summed E-state index contributed by atoms with van der Waals surface area (Å²) in [5, 5.41) is 9.82. The topological polar surface area (TPSA) is 53.4 Å². The molecule has 2 rings (SSSR count). The molecular weight excluding hydrogens is 312 g/mol. The Balaban J connectivity index is 2.08. The fraction of sp³-hybridized carbons (Fsp3) is 0.429. The van der Waals surface area contributed by atoms with Gasteiger partial charge in [0.25, 0.3) is 5.91 Å². The van der Waals surface area contributed by atoms with Crippen LogP contribution >= 0.6 is 0 Å². The van der Waals surface area contributed by atoms with Gasteiger partial charge in [-0.05, 0) is 62.9 Å². The number of aryl methyl sites for hydroxylation is 1. The average molecular weight is 340 g/mol. The molecule has 4 nitrogen and oxygen atoms in total. The fourth-order valence-corrected chi connectivity index (χ4v) is 2.86. The predicted molar refractivity (Wildman–Crippen MR) is 100 cm³/mol. The van der Waals surface area contributed by atoms with E-state index in [1.54, 1.807) is 11.1 Å². The van der Waals surface area contributed by atoms with Gasteiger partial charge in [0, 0.05) is 18.8 Å². The smallest absolute Gasteiger partial charge is 0.254 e. The molecule has 0 bridgehead atoms. The number of amides is 1. The van der Waals surface area contributed by atoms with Crippen LogP contribution in [0.15, 0.2) is 48.7 Å². The highest BCUT2D eigenvalue weighted by Crippen LogP contribution is 2.23. The molecule has 0 fully saturated rings. The first-order chi connectivity index (χ1) is 11.8. The van der Waals surface area contributed by atoms with Crippen molar-refractivity contribution < 1.29 is 9.90 Å². The molecule has 134 valence electrons. The second kappa shape index (κ2) is 8.26. The van der Waals surface area contributed by atoms with Crippen molar-refractivity contribution in [1.29, 1.82) is 0 Å². The van der Waals surface area contributed by atoms with Crippen molar-refractivity contribution >= 4 is 5.91 Å². The number of rotatable bonds is 7. The quantitative estimate of drug-likeness (QED) is 0.828. The minimum absolute atomic E-state index is 0.00783. The van der Waals surface area contributed by atoms with E-state index in [4.69, 9.17) is 0 Å². The molecule has 1 atom stereocenters. The molecule has 4 heteroatoms. The number of aliphatic hydroxyl groups is 1. The Morgan fingerprint density at radius 1 is 1.20 bits per heavy atom. The van der Waals surface area contributed by atoms with E-state index in [-0.39, 0.29) is 11.9 Å². The highest BCUT2D eigenvalue weighted by molar-refractivity contribution is 5.94. The lowest BCUT2D eigenvalue weighted by molar-refractivity contribution is 0.0708. The molecule has 1 heterocycles. The number of carbonyl (C=O) groups excluding carboxylic acids is 1. The molecule has 0 spiro atoms.